The van der Waals surface area contributed by atoms with E-state index < -0.39 is 0 Å². The largest absolute Gasteiger partial charge is 0.300 e. The van der Waals surface area contributed by atoms with E-state index in [0.717, 1.165) is 32.8 Å². The van der Waals surface area contributed by atoms with Crippen LogP contribution in [0.4, 0.5) is 32.8 Å². The van der Waals surface area contributed by atoms with Crippen molar-refractivity contribution in [3.05, 3.63) is 132 Å². The van der Waals surface area contributed by atoms with Crippen molar-refractivity contribution in [3.8, 4) is 0 Å². The first-order chi connectivity index (χ1) is 19.7. The molecule has 0 N–H and O–H groups in total. The zero-order valence-electron chi connectivity index (χ0n) is 22.2. The van der Waals surface area contributed by atoms with E-state index in [1.165, 1.54) is 32.7 Å². The Kier molecular flexibility index (Phi) is 6.27. The summed E-state index contributed by atoms with van der Waals surface area (Å²) in [6.07, 6.45) is 7.48. The minimum Gasteiger partial charge on any atom is -0.300 e. The SMILES string of the molecule is Cc1c2ccc(N(c3cccnc3)c3cccs3)cc2c(C)c2ccc(N(c3cccnc3)c3cccs3)cc12. The predicted molar refractivity (Wildman–Crippen MR) is 172 cm³/mol. The summed E-state index contributed by atoms with van der Waals surface area (Å²) in [5.41, 5.74) is 6.92. The summed E-state index contributed by atoms with van der Waals surface area (Å²) in [6, 6.07) is 30.3. The first-order valence-electron chi connectivity index (χ1n) is 13.1. The highest BCUT2D eigenvalue weighted by Crippen LogP contribution is 2.43. The molecule has 0 saturated carbocycles. The van der Waals surface area contributed by atoms with E-state index in [4.69, 9.17) is 0 Å². The second-order valence-corrected chi connectivity index (χ2v) is 11.6. The van der Waals surface area contributed by atoms with E-state index in [-0.39, 0.29) is 0 Å². The molecule has 0 unspecified atom stereocenters. The molecule has 4 heterocycles. The maximum atomic E-state index is 4.39. The van der Waals surface area contributed by atoms with Crippen molar-refractivity contribution in [2.75, 3.05) is 9.80 Å². The maximum Gasteiger partial charge on any atom is 0.0999 e. The fourth-order valence-electron chi connectivity index (χ4n) is 5.48. The summed E-state index contributed by atoms with van der Waals surface area (Å²) < 4.78 is 0. The molecule has 4 aromatic heterocycles. The van der Waals surface area contributed by atoms with Crippen LogP contribution >= 0.6 is 22.7 Å². The zero-order chi connectivity index (χ0) is 27.1. The molecular weight excluding hydrogens is 529 g/mol. The minimum atomic E-state index is 1.05. The number of benzene rings is 3. The van der Waals surface area contributed by atoms with Gasteiger partial charge in [0.15, 0.2) is 0 Å². The van der Waals surface area contributed by atoms with Gasteiger partial charge in [-0.15, -0.1) is 22.7 Å². The quantitative estimate of drug-likeness (QED) is 0.191. The van der Waals surface area contributed by atoms with Gasteiger partial charge in [0.1, 0.15) is 0 Å². The second-order valence-electron chi connectivity index (χ2n) is 9.71. The number of hydrogen-bond acceptors (Lipinski definition) is 6. The summed E-state index contributed by atoms with van der Waals surface area (Å²) in [5, 5.41) is 11.6. The summed E-state index contributed by atoms with van der Waals surface area (Å²) in [5.74, 6) is 0. The van der Waals surface area contributed by atoms with E-state index in [1.54, 1.807) is 22.7 Å². The van der Waals surface area contributed by atoms with Gasteiger partial charge in [-0.1, -0.05) is 12.1 Å². The van der Waals surface area contributed by atoms with Crippen molar-refractivity contribution < 1.29 is 0 Å². The van der Waals surface area contributed by atoms with Crippen LogP contribution in [0.1, 0.15) is 11.1 Å². The van der Waals surface area contributed by atoms with Crippen LogP contribution in [-0.2, 0) is 0 Å². The van der Waals surface area contributed by atoms with Crippen LogP contribution in [0, 0.1) is 13.8 Å². The van der Waals surface area contributed by atoms with E-state index in [9.17, 15) is 0 Å². The van der Waals surface area contributed by atoms with Crippen molar-refractivity contribution in [2.45, 2.75) is 13.8 Å². The number of aromatic nitrogens is 2. The third kappa shape index (κ3) is 4.22. The summed E-state index contributed by atoms with van der Waals surface area (Å²) in [7, 11) is 0. The molecule has 0 aliphatic carbocycles. The van der Waals surface area contributed by atoms with Crippen LogP contribution in [0.5, 0.6) is 0 Å². The lowest BCUT2D eigenvalue weighted by atomic mass is 9.92. The van der Waals surface area contributed by atoms with Gasteiger partial charge in [-0.3, -0.25) is 9.97 Å². The Balaban J connectivity index is 1.40. The molecule has 0 bridgehead atoms. The third-order valence-corrected chi connectivity index (χ3v) is 9.11. The van der Waals surface area contributed by atoms with E-state index in [1.807, 2.05) is 36.9 Å². The van der Waals surface area contributed by atoms with Gasteiger partial charge in [-0.25, -0.2) is 0 Å². The Hall–Kier alpha value is -4.52. The molecule has 40 heavy (non-hydrogen) atoms. The normalized spacial score (nSPS) is 11.2. The highest BCUT2D eigenvalue weighted by Gasteiger charge is 2.18. The molecule has 0 spiro atoms. The summed E-state index contributed by atoms with van der Waals surface area (Å²) >= 11 is 3.45. The number of nitrogens with zero attached hydrogens (tertiary/aromatic N) is 4. The van der Waals surface area contributed by atoms with Gasteiger partial charge in [0.2, 0.25) is 0 Å². The van der Waals surface area contributed by atoms with Gasteiger partial charge in [0.25, 0.3) is 0 Å². The molecule has 7 rings (SSSR count). The van der Waals surface area contributed by atoms with Gasteiger partial charge in [0.05, 0.1) is 33.8 Å². The Morgan fingerprint density at radius 2 is 0.975 bits per heavy atom. The minimum absolute atomic E-state index is 1.05. The zero-order valence-corrected chi connectivity index (χ0v) is 23.8. The third-order valence-electron chi connectivity index (χ3n) is 7.40. The topological polar surface area (TPSA) is 32.3 Å². The second kappa shape index (κ2) is 10.2. The number of aryl methyl sites for hydroxylation is 2. The highest BCUT2D eigenvalue weighted by atomic mass is 32.1. The average molecular weight is 555 g/mol. The fraction of sp³-hybridized carbons (Fsp3) is 0.0588. The highest BCUT2D eigenvalue weighted by molar-refractivity contribution is 7.14. The van der Waals surface area contributed by atoms with Gasteiger partial charge in [-0.2, -0.15) is 0 Å². The molecular formula is C34H26N4S2. The van der Waals surface area contributed by atoms with Crippen molar-refractivity contribution in [3.63, 3.8) is 0 Å². The van der Waals surface area contributed by atoms with Crippen LogP contribution in [0.3, 0.4) is 0 Å². The van der Waals surface area contributed by atoms with Crippen molar-refractivity contribution in [1.29, 1.82) is 0 Å². The number of rotatable bonds is 6. The average Bonchev–Trinajstić information content (AvgIpc) is 3.73. The maximum absolute atomic E-state index is 4.39. The first-order valence-corrected chi connectivity index (χ1v) is 14.9. The Bertz CT molecular complexity index is 1770. The fourth-order valence-corrected chi connectivity index (χ4v) is 7.02. The Morgan fingerprint density at radius 1 is 0.500 bits per heavy atom. The lowest BCUT2D eigenvalue weighted by Gasteiger charge is -2.25. The lowest BCUT2D eigenvalue weighted by Crippen LogP contribution is -2.09. The first kappa shape index (κ1) is 24.5. The Morgan fingerprint density at radius 3 is 1.35 bits per heavy atom. The van der Waals surface area contributed by atoms with E-state index in [0.29, 0.717) is 0 Å². The molecule has 4 nitrogen and oxygen atoms in total. The van der Waals surface area contributed by atoms with Crippen LogP contribution in [0.25, 0.3) is 21.5 Å². The molecule has 194 valence electrons. The molecule has 0 aliphatic rings. The summed E-state index contributed by atoms with van der Waals surface area (Å²) in [6.45, 7) is 4.48. The number of anilines is 6. The Labute approximate surface area is 241 Å². The summed E-state index contributed by atoms with van der Waals surface area (Å²) in [4.78, 5) is 13.4. The molecule has 0 radical (unpaired) electrons. The molecule has 0 aliphatic heterocycles. The standard InChI is InChI=1S/C34H26N4S2/c1-23-29-13-11-26(38(34-10-6-18-40-34)28-8-4-16-36-22-28)20-32(29)24(2)30-14-12-25(19-31(23)30)37(33-9-5-17-39-33)27-7-3-15-35-21-27/h3-22H,1-2H3. The molecule has 0 amide bonds. The van der Waals surface area contributed by atoms with Crippen molar-refractivity contribution in [2.24, 2.45) is 0 Å². The van der Waals surface area contributed by atoms with Gasteiger partial charge < -0.3 is 9.80 Å². The monoisotopic (exact) mass is 554 g/mol. The van der Waals surface area contributed by atoms with Gasteiger partial charge in [0, 0.05) is 23.8 Å². The number of pyridine rings is 2. The lowest BCUT2D eigenvalue weighted by molar-refractivity contribution is 1.25. The van der Waals surface area contributed by atoms with Crippen molar-refractivity contribution in [1.82, 2.24) is 9.97 Å². The predicted octanol–water partition coefficient (Wildman–Crippen LogP) is 10.5. The van der Waals surface area contributed by atoms with E-state index >= 15 is 0 Å². The van der Waals surface area contributed by atoms with Crippen LogP contribution in [-0.4, -0.2) is 9.97 Å². The molecule has 3 aromatic carbocycles. The number of hydrogen-bond donors (Lipinski definition) is 0. The van der Waals surface area contributed by atoms with Crippen LogP contribution in [0.15, 0.2) is 120 Å². The number of fused-ring (bicyclic) bond motifs is 2. The molecule has 0 fully saturated rings. The van der Waals surface area contributed by atoms with Crippen molar-refractivity contribution >= 4 is 77.0 Å². The molecule has 0 atom stereocenters. The molecule has 6 heteroatoms. The van der Waals surface area contributed by atoms with Gasteiger partial charge in [-0.05, 0) is 130 Å². The van der Waals surface area contributed by atoms with Crippen LogP contribution < -0.4 is 9.80 Å². The smallest absolute Gasteiger partial charge is 0.0999 e. The molecule has 0 saturated heterocycles. The molecule has 7 aromatic rings. The van der Waals surface area contributed by atoms with E-state index in [2.05, 4.69) is 117 Å². The number of thiophene rings is 2. The van der Waals surface area contributed by atoms with Gasteiger partial charge >= 0.3 is 0 Å². The van der Waals surface area contributed by atoms with Crippen LogP contribution in [0.2, 0.25) is 0 Å².